The lowest BCUT2D eigenvalue weighted by Gasteiger charge is -2.27. The Hall–Kier alpha value is -3.10. The normalized spacial score (nSPS) is 13.7. The molecule has 0 saturated carbocycles. The Labute approximate surface area is 192 Å². The number of morpholine rings is 1. The zero-order chi connectivity index (χ0) is 22.3. The van der Waals surface area contributed by atoms with Crippen LogP contribution in [0.1, 0.15) is 15.9 Å². The van der Waals surface area contributed by atoms with Gasteiger partial charge in [0.2, 0.25) is 0 Å². The first-order valence-electron chi connectivity index (χ1n) is 10.5. The van der Waals surface area contributed by atoms with Crippen LogP contribution in [0.2, 0.25) is 0 Å². The van der Waals surface area contributed by atoms with Gasteiger partial charge in [-0.25, -0.2) is 0 Å². The third-order valence-electron chi connectivity index (χ3n) is 5.26. The van der Waals surface area contributed by atoms with Gasteiger partial charge >= 0.3 is 0 Å². The van der Waals surface area contributed by atoms with Gasteiger partial charge in [0.1, 0.15) is 5.75 Å². The van der Waals surface area contributed by atoms with Gasteiger partial charge in [0.15, 0.2) is 11.0 Å². The van der Waals surface area contributed by atoms with Gasteiger partial charge in [-0.05, 0) is 23.8 Å². The maximum atomic E-state index is 13.1. The second-order valence-electron chi connectivity index (χ2n) is 7.29. The molecule has 0 spiro atoms. The van der Waals surface area contributed by atoms with E-state index in [4.69, 9.17) is 9.47 Å². The Bertz CT molecular complexity index is 1090. The summed E-state index contributed by atoms with van der Waals surface area (Å²) in [4.78, 5) is 14.9. The van der Waals surface area contributed by atoms with Crippen LogP contribution < -0.4 is 4.74 Å². The SMILES string of the molecule is C=CCn1c(SCc2ccccc2C(=O)N2CCOCC2)nnc1-c1cccc(OC)c1. The van der Waals surface area contributed by atoms with Crippen LogP contribution in [0.5, 0.6) is 5.75 Å². The number of amides is 1. The third kappa shape index (κ3) is 4.87. The molecule has 166 valence electrons. The Morgan fingerprint density at radius 2 is 2.00 bits per heavy atom. The summed E-state index contributed by atoms with van der Waals surface area (Å²) in [5, 5.41) is 9.62. The number of benzene rings is 2. The van der Waals surface area contributed by atoms with E-state index in [0.717, 1.165) is 33.4 Å². The van der Waals surface area contributed by atoms with Gasteiger partial charge in [-0.15, -0.1) is 16.8 Å². The van der Waals surface area contributed by atoms with E-state index in [0.29, 0.717) is 38.6 Å². The summed E-state index contributed by atoms with van der Waals surface area (Å²) in [6.45, 7) is 6.87. The van der Waals surface area contributed by atoms with Crippen molar-refractivity contribution >= 4 is 17.7 Å². The van der Waals surface area contributed by atoms with E-state index in [1.54, 1.807) is 18.9 Å². The molecule has 1 aliphatic heterocycles. The van der Waals surface area contributed by atoms with Crippen molar-refractivity contribution in [1.82, 2.24) is 19.7 Å². The van der Waals surface area contributed by atoms with Crippen molar-refractivity contribution < 1.29 is 14.3 Å². The molecule has 4 rings (SSSR count). The zero-order valence-electron chi connectivity index (χ0n) is 18.1. The number of allylic oxidation sites excluding steroid dienone is 1. The second kappa shape index (κ2) is 10.5. The lowest BCUT2D eigenvalue weighted by molar-refractivity contribution is 0.0302. The van der Waals surface area contributed by atoms with E-state index >= 15 is 0 Å². The minimum Gasteiger partial charge on any atom is -0.497 e. The second-order valence-corrected chi connectivity index (χ2v) is 8.23. The van der Waals surface area contributed by atoms with Crippen molar-refractivity contribution in [3.63, 3.8) is 0 Å². The molecular weight excluding hydrogens is 424 g/mol. The summed E-state index contributed by atoms with van der Waals surface area (Å²) < 4.78 is 12.8. The van der Waals surface area contributed by atoms with Crippen LogP contribution in [0, 0.1) is 0 Å². The van der Waals surface area contributed by atoms with Crippen LogP contribution in [-0.2, 0) is 17.0 Å². The molecule has 0 radical (unpaired) electrons. The molecule has 2 aromatic carbocycles. The predicted octanol–water partition coefficient (Wildman–Crippen LogP) is 3.90. The number of hydrogen-bond acceptors (Lipinski definition) is 6. The van der Waals surface area contributed by atoms with Crippen LogP contribution in [0.25, 0.3) is 11.4 Å². The topological polar surface area (TPSA) is 69.5 Å². The standard InChI is InChI=1S/C24H26N4O3S/c1-3-11-28-22(18-8-6-9-20(16-18)30-2)25-26-24(28)32-17-19-7-4-5-10-21(19)23(29)27-12-14-31-15-13-27/h3-10,16H,1,11-15,17H2,2H3. The Kier molecular flexibility index (Phi) is 7.24. The average Bonchev–Trinajstić information content (AvgIpc) is 3.25. The monoisotopic (exact) mass is 450 g/mol. The van der Waals surface area contributed by atoms with Gasteiger partial charge in [0, 0.05) is 36.5 Å². The number of carbonyl (C=O) groups excluding carboxylic acids is 1. The number of rotatable bonds is 8. The van der Waals surface area contributed by atoms with E-state index in [-0.39, 0.29) is 5.91 Å². The van der Waals surface area contributed by atoms with Gasteiger partial charge in [-0.2, -0.15) is 0 Å². The van der Waals surface area contributed by atoms with Crippen molar-refractivity contribution in [2.75, 3.05) is 33.4 Å². The average molecular weight is 451 g/mol. The van der Waals surface area contributed by atoms with E-state index in [9.17, 15) is 4.79 Å². The van der Waals surface area contributed by atoms with Crippen molar-refractivity contribution in [2.24, 2.45) is 0 Å². The lowest BCUT2D eigenvalue weighted by Crippen LogP contribution is -2.41. The van der Waals surface area contributed by atoms with Crippen LogP contribution in [0.15, 0.2) is 66.3 Å². The molecule has 0 bridgehead atoms. The number of nitrogens with zero attached hydrogens (tertiary/aromatic N) is 4. The van der Waals surface area contributed by atoms with Crippen LogP contribution in [-0.4, -0.2) is 59.0 Å². The smallest absolute Gasteiger partial charge is 0.254 e. The van der Waals surface area contributed by atoms with Gasteiger partial charge in [0.05, 0.1) is 20.3 Å². The molecule has 0 unspecified atom stereocenters. The van der Waals surface area contributed by atoms with Gasteiger partial charge in [-0.3, -0.25) is 9.36 Å². The van der Waals surface area contributed by atoms with Gasteiger partial charge in [-0.1, -0.05) is 48.2 Å². The highest BCUT2D eigenvalue weighted by molar-refractivity contribution is 7.98. The molecule has 32 heavy (non-hydrogen) atoms. The predicted molar refractivity (Wildman–Crippen MR) is 125 cm³/mol. The van der Waals surface area contributed by atoms with Crippen LogP contribution in [0.4, 0.5) is 0 Å². The molecule has 0 N–H and O–H groups in total. The van der Waals surface area contributed by atoms with Crippen molar-refractivity contribution in [3.05, 3.63) is 72.3 Å². The van der Waals surface area contributed by atoms with Crippen LogP contribution in [0.3, 0.4) is 0 Å². The summed E-state index contributed by atoms with van der Waals surface area (Å²) in [5.74, 6) is 2.18. The highest BCUT2D eigenvalue weighted by Crippen LogP contribution is 2.29. The summed E-state index contributed by atoms with van der Waals surface area (Å²) in [6, 6.07) is 15.5. The molecule has 0 atom stereocenters. The van der Waals surface area contributed by atoms with E-state index in [2.05, 4.69) is 16.8 Å². The first-order valence-corrected chi connectivity index (χ1v) is 11.5. The van der Waals surface area contributed by atoms with Gasteiger partial charge in [0.25, 0.3) is 5.91 Å². The number of hydrogen-bond donors (Lipinski definition) is 0. The van der Waals surface area contributed by atoms with Gasteiger partial charge < -0.3 is 14.4 Å². The van der Waals surface area contributed by atoms with Crippen LogP contribution >= 0.6 is 11.8 Å². The quantitative estimate of drug-likeness (QED) is 0.383. The molecule has 1 aliphatic rings. The highest BCUT2D eigenvalue weighted by Gasteiger charge is 2.21. The largest absolute Gasteiger partial charge is 0.497 e. The number of methoxy groups -OCH3 is 1. The first-order chi connectivity index (χ1) is 15.7. The van der Waals surface area contributed by atoms with E-state index in [1.807, 2.05) is 64.1 Å². The fourth-order valence-corrected chi connectivity index (χ4v) is 4.55. The Morgan fingerprint density at radius 1 is 1.19 bits per heavy atom. The van der Waals surface area contributed by atoms with E-state index in [1.165, 1.54) is 0 Å². The minimum atomic E-state index is 0.0501. The molecule has 7 nitrogen and oxygen atoms in total. The molecule has 0 aliphatic carbocycles. The summed E-state index contributed by atoms with van der Waals surface area (Å²) in [6.07, 6.45) is 1.83. The number of carbonyl (C=O) groups is 1. The molecule has 1 saturated heterocycles. The van der Waals surface area contributed by atoms with Crippen molar-refractivity contribution in [1.29, 1.82) is 0 Å². The lowest BCUT2D eigenvalue weighted by atomic mass is 10.1. The number of thioether (sulfide) groups is 1. The van der Waals surface area contributed by atoms with Crippen molar-refractivity contribution in [3.8, 4) is 17.1 Å². The fraction of sp³-hybridized carbons (Fsp3) is 0.292. The minimum absolute atomic E-state index is 0.0501. The summed E-state index contributed by atoms with van der Waals surface area (Å²) in [5.41, 5.74) is 2.63. The Morgan fingerprint density at radius 3 is 2.78 bits per heavy atom. The highest BCUT2D eigenvalue weighted by atomic mass is 32.2. The maximum Gasteiger partial charge on any atom is 0.254 e. The zero-order valence-corrected chi connectivity index (χ0v) is 18.9. The maximum absolute atomic E-state index is 13.1. The van der Waals surface area contributed by atoms with E-state index < -0.39 is 0 Å². The first kappa shape index (κ1) is 22.1. The molecular formula is C24H26N4O3S. The van der Waals surface area contributed by atoms with Crippen molar-refractivity contribution in [2.45, 2.75) is 17.5 Å². The number of aromatic nitrogens is 3. The Balaban J connectivity index is 1.56. The molecule has 1 amide bonds. The molecule has 1 aromatic heterocycles. The summed E-state index contributed by atoms with van der Waals surface area (Å²) in [7, 11) is 1.64. The molecule has 1 fully saturated rings. The fourth-order valence-electron chi connectivity index (χ4n) is 3.60. The third-order valence-corrected chi connectivity index (χ3v) is 6.27. The summed E-state index contributed by atoms with van der Waals surface area (Å²) >= 11 is 1.56. The molecule has 8 heteroatoms. The molecule has 2 heterocycles. The number of ether oxygens (including phenoxy) is 2. The molecule has 3 aromatic rings.